The molecule has 0 bridgehead atoms. The fourth-order valence-corrected chi connectivity index (χ4v) is 11.5. The van der Waals surface area contributed by atoms with Crippen LogP contribution in [0.5, 0.6) is 5.75 Å². The summed E-state index contributed by atoms with van der Waals surface area (Å²) in [6.45, 7) is 21.0. The summed E-state index contributed by atoms with van der Waals surface area (Å²) in [6.07, 6.45) is -4.27. The molecule has 23 nitrogen and oxygen atoms in total. The summed E-state index contributed by atoms with van der Waals surface area (Å²) < 4.78 is 52.9. The summed E-state index contributed by atoms with van der Waals surface area (Å²) >= 11 is 0. The van der Waals surface area contributed by atoms with E-state index in [0.717, 1.165) is 11.4 Å². The fraction of sp³-hybridized carbons (Fsp3) is 0.782. The second kappa shape index (κ2) is 27.0. The molecule has 3 fully saturated rings. The van der Waals surface area contributed by atoms with Crippen molar-refractivity contribution in [1.82, 2.24) is 35.1 Å². The zero-order valence-electron chi connectivity index (χ0n) is 48.4. The Labute approximate surface area is 459 Å². The number of likely N-dealkylation sites (N-methyl/N-ethyl adjacent to an activating group) is 2. The molecule has 0 radical (unpaired) electrons. The zero-order chi connectivity index (χ0) is 57.4. The summed E-state index contributed by atoms with van der Waals surface area (Å²) in [5, 5.41) is 75.6. The molecule has 3 aromatic rings. The maximum Gasteiger partial charge on any atom is 0.311 e. The highest BCUT2D eigenvalue weighted by molar-refractivity contribution is 5.73. The van der Waals surface area contributed by atoms with Crippen molar-refractivity contribution in [2.45, 2.75) is 218 Å². The highest BCUT2D eigenvalue weighted by Gasteiger charge is 2.53. The Bertz CT molecular complexity index is 2360. The van der Waals surface area contributed by atoms with Gasteiger partial charge in [0.2, 0.25) is 0 Å². The maximum absolute atomic E-state index is 14.5. The van der Waals surface area contributed by atoms with Gasteiger partial charge < -0.3 is 73.2 Å². The average molecular weight is 1100 g/mol. The number of methoxy groups -OCH3 is 1. The normalized spacial score (nSPS) is 36.9. The predicted octanol–water partition coefficient (Wildman–Crippen LogP) is 2.64. The molecule has 0 aliphatic carbocycles. The Hall–Kier alpha value is -4.24. The first-order valence-electron chi connectivity index (χ1n) is 27.7. The molecule has 18 atom stereocenters. The number of nitrogens with one attached hydrogen (secondary N) is 1. The molecule has 6 N–H and O–H groups in total. The molecule has 5 heterocycles. The van der Waals surface area contributed by atoms with Crippen LogP contribution < -0.4 is 9.42 Å². The van der Waals surface area contributed by atoms with Crippen molar-refractivity contribution in [3.63, 3.8) is 0 Å². The highest BCUT2D eigenvalue weighted by atomic mass is 16.7. The number of aromatic nitrogens is 6. The summed E-state index contributed by atoms with van der Waals surface area (Å²) in [5.74, 6) is -2.48. The second-order valence-electron chi connectivity index (χ2n) is 23.1. The van der Waals surface area contributed by atoms with Crippen molar-refractivity contribution >= 4 is 11.9 Å². The van der Waals surface area contributed by atoms with E-state index >= 15 is 0 Å². The van der Waals surface area contributed by atoms with Gasteiger partial charge in [0.15, 0.2) is 31.1 Å². The molecule has 3 aliphatic rings. The van der Waals surface area contributed by atoms with Gasteiger partial charge in [0, 0.05) is 82.2 Å². The van der Waals surface area contributed by atoms with Crippen LogP contribution in [0, 0.1) is 17.8 Å². The molecule has 0 saturated carbocycles. The molecular formula is C55H91N8O15+. The minimum Gasteiger partial charge on any atom is -0.494 e. The molecule has 0 unspecified atom stereocenters. The Balaban J connectivity index is 1.15. The first kappa shape index (κ1) is 62.9. The number of hydrogen-bond acceptors (Lipinski definition) is 20. The lowest BCUT2D eigenvalue weighted by atomic mass is 9.77. The maximum atomic E-state index is 14.5. The molecule has 78 heavy (non-hydrogen) atoms. The first-order valence-corrected chi connectivity index (χ1v) is 27.7. The molecule has 3 saturated heterocycles. The fourth-order valence-electron chi connectivity index (χ4n) is 11.5. The Morgan fingerprint density at radius 1 is 0.987 bits per heavy atom. The van der Waals surface area contributed by atoms with E-state index in [0.29, 0.717) is 56.9 Å². The van der Waals surface area contributed by atoms with Gasteiger partial charge in [-0.3, -0.25) is 14.3 Å². The zero-order valence-corrected chi connectivity index (χ0v) is 48.4. The molecule has 440 valence electrons. The van der Waals surface area contributed by atoms with Crippen LogP contribution in [0.25, 0.3) is 5.69 Å². The standard InChI is InChI=1S/C55H90N8O15/c1-15-44-55(11,70)48(66)36(6)61(13)28-32(2)26-53(9,69)50(34(4)47(35(5)51(68)76-44)77-45-27-54(10,71-14)49(67)37(7)75-45)78-52-46(65)43(25-33(3)74-52)60(12)23-21-39-29-62(58-56-39)22-16-24-72-42-19-17-41(18-20-42)63-30-40(57-59-63)31-73-38(8)64/h17-20,29-30,32-37,43-50,52,65-67,69-70H,15-16,21-28,31H2,1-14H3/p+1/t32-,33-,34+,35-,36-,37+,43+,44-,45+,46-,47+,48-,49+,50-,52+,53-,54-,55-/m1/s1. The minimum absolute atomic E-state index is 0.0827. The molecule has 6 rings (SSSR count). The topological polar surface area (TPSA) is 279 Å². The third kappa shape index (κ3) is 15.6. The lowest BCUT2D eigenvalue weighted by molar-refractivity contribution is -0.659. The van der Waals surface area contributed by atoms with E-state index in [9.17, 15) is 35.1 Å². The van der Waals surface area contributed by atoms with Crippen LogP contribution in [-0.2, 0) is 62.3 Å². The van der Waals surface area contributed by atoms with Crippen molar-refractivity contribution < 1.29 is 77.7 Å². The number of aryl methyl sites for hydroxylation is 1. The van der Waals surface area contributed by atoms with Crippen LogP contribution in [0.4, 0.5) is 0 Å². The van der Waals surface area contributed by atoms with Crippen LogP contribution in [-0.4, -0.2) is 204 Å². The summed E-state index contributed by atoms with van der Waals surface area (Å²) in [5.41, 5.74) is -2.35. The van der Waals surface area contributed by atoms with Gasteiger partial charge in [-0.15, -0.1) is 9.78 Å². The van der Waals surface area contributed by atoms with Gasteiger partial charge in [0.1, 0.15) is 35.8 Å². The number of nitrogens with zero attached hydrogens (tertiary/aromatic N) is 7. The van der Waals surface area contributed by atoms with Crippen LogP contribution in [0.2, 0.25) is 0 Å². The number of aliphatic hydroxyl groups is 5. The number of ether oxygens (including phenoxy) is 8. The average Bonchev–Trinajstić information content (AvgIpc) is 4.08. The number of cyclic esters (lactones) is 1. The van der Waals surface area contributed by atoms with Crippen molar-refractivity contribution in [1.29, 1.82) is 0 Å². The molecule has 2 aromatic heterocycles. The lowest BCUT2D eigenvalue weighted by Crippen LogP contribution is -2.61. The number of aliphatic hydroxyl groups excluding tert-OH is 3. The molecular weight excluding hydrogens is 1010 g/mol. The summed E-state index contributed by atoms with van der Waals surface area (Å²) in [6, 6.07) is 6.51. The second-order valence-corrected chi connectivity index (χ2v) is 23.1. The van der Waals surface area contributed by atoms with Gasteiger partial charge in [0.05, 0.1) is 53.8 Å². The largest absolute Gasteiger partial charge is 0.494 e. The summed E-state index contributed by atoms with van der Waals surface area (Å²) in [7, 11) is 5.27. The van der Waals surface area contributed by atoms with E-state index < -0.39 is 102 Å². The number of H-pyrrole nitrogens is 1. The third-order valence-electron chi connectivity index (χ3n) is 16.3. The van der Waals surface area contributed by atoms with E-state index in [-0.39, 0.29) is 43.9 Å². The SMILES string of the molecule is CC[C@H]1OC(=O)[C@H](C)[C@@H](O[C@H]2C[C@@](C)(OC)[C@@H](O)[C@H](C)O2)[C@H](C)[C@@H](O[C@@H]2O[C@H](C)C[C@H](N(C)CCc3cn(CCCOc4ccc(-[n+]5cc(COC(C)=O)n[nH]5)cc4)nn3)[C@H]2O)[C@](C)(O)C[C@@H](C)CN(C)[C@H](C)[C@@H](O)[C@]1(C)O. The number of benzene rings is 1. The van der Waals surface area contributed by atoms with Crippen LogP contribution >= 0.6 is 0 Å². The molecule has 1 aromatic carbocycles. The molecule has 23 heteroatoms. The van der Waals surface area contributed by atoms with Crippen molar-refractivity contribution in [3.05, 3.63) is 48.0 Å². The minimum atomic E-state index is -1.84. The van der Waals surface area contributed by atoms with Crippen LogP contribution in [0.3, 0.4) is 0 Å². The smallest absolute Gasteiger partial charge is 0.311 e. The summed E-state index contributed by atoms with van der Waals surface area (Å²) in [4.78, 5) is 29.6. The number of carbonyl (C=O) groups is 2. The quantitative estimate of drug-likeness (QED) is 0.0607. The van der Waals surface area contributed by atoms with Crippen LogP contribution in [0.15, 0.2) is 36.7 Å². The third-order valence-corrected chi connectivity index (χ3v) is 16.3. The van der Waals surface area contributed by atoms with Gasteiger partial charge in [-0.25, -0.2) is 0 Å². The van der Waals surface area contributed by atoms with Crippen molar-refractivity contribution in [2.24, 2.45) is 17.8 Å². The van der Waals surface area contributed by atoms with E-state index in [1.165, 1.54) is 21.0 Å². The van der Waals surface area contributed by atoms with Crippen LogP contribution in [0.1, 0.15) is 120 Å². The van der Waals surface area contributed by atoms with E-state index in [1.807, 2.05) is 70.2 Å². The van der Waals surface area contributed by atoms with Gasteiger partial charge in [-0.2, -0.15) is 0 Å². The van der Waals surface area contributed by atoms with Crippen molar-refractivity contribution in [3.8, 4) is 11.4 Å². The van der Waals surface area contributed by atoms with Gasteiger partial charge in [0.25, 0.3) is 5.69 Å². The van der Waals surface area contributed by atoms with E-state index in [4.69, 9.17) is 37.9 Å². The lowest BCUT2D eigenvalue weighted by Gasteiger charge is -2.49. The van der Waals surface area contributed by atoms with Gasteiger partial charge >= 0.3 is 11.9 Å². The van der Waals surface area contributed by atoms with E-state index in [1.54, 1.807) is 57.1 Å². The molecule has 0 amide bonds. The molecule has 0 spiro atoms. The highest BCUT2D eigenvalue weighted by Crippen LogP contribution is 2.40. The monoisotopic (exact) mass is 1100 g/mol. The number of esters is 2. The van der Waals surface area contributed by atoms with E-state index in [2.05, 4.69) is 25.5 Å². The number of carbonyl (C=O) groups excluding carboxylic acids is 2. The first-order chi connectivity index (χ1) is 36.7. The molecule has 3 aliphatic heterocycles. The number of hydrogen-bond donors (Lipinski definition) is 6. The Morgan fingerprint density at radius 2 is 1.69 bits per heavy atom. The Kier molecular flexibility index (Phi) is 21.8. The van der Waals surface area contributed by atoms with Gasteiger partial charge in [-0.1, -0.05) is 31.2 Å². The Morgan fingerprint density at radius 3 is 2.36 bits per heavy atom. The van der Waals surface area contributed by atoms with Crippen molar-refractivity contribution in [2.75, 3.05) is 40.9 Å². The number of aromatic amines is 1. The predicted molar refractivity (Wildman–Crippen MR) is 283 cm³/mol. The van der Waals surface area contributed by atoms with Gasteiger partial charge in [-0.05, 0) is 112 Å². The number of rotatable bonds is 18.